The predicted octanol–water partition coefficient (Wildman–Crippen LogP) is 4.26. The molecule has 0 N–H and O–H groups in total. The molecular weight excluding hydrogens is 227 g/mol. The lowest BCUT2D eigenvalue weighted by Gasteiger charge is -2.30. The van der Waals surface area contributed by atoms with Crippen LogP contribution in [0.25, 0.3) is 0 Å². The van der Waals surface area contributed by atoms with Crippen molar-refractivity contribution >= 4 is 0 Å². The Kier molecular flexibility index (Phi) is 3.78. The zero-order valence-electron chi connectivity index (χ0n) is 10.6. The van der Waals surface area contributed by atoms with Gasteiger partial charge in [-0.2, -0.15) is 0 Å². The van der Waals surface area contributed by atoms with E-state index in [1.165, 1.54) is 0 Å². The molecule has 0 radical (unpaired) electrons. The normalized spacial score (nSPS) is 15.9. The Morgan fingerprint density at radius 3 is 1.94 bits per heavy atom. The van der Waals surface area contributed by atoms with Gasteiger partial charge in [-0.3, -0.25) is 0 Å². The lowest BCUT2D eigenvalue weighted by Crippen LogP contribution is -2.26. The van der Waals surface area contributed by atoms with E-state index in [4.69, 9.17) is 4.74 Å². The number of benzene rings is 2. The zero-order chi connectivity index (χ0) is 13.0. The van der Waals surface area contributed by atoms with Gasteiger partial charge in [-0.1, -0.05) is 60.7 Å². The molecule has 0 heterocycles. The minimum Gasteiger partial charge on any atom is -0.373 e. The van der Waals surface area contributed by atoms with Crippen LogP contribution in [0.2, 0.25) is 0 Å². The average Bonchev–Trinajstić information content (AvgIpc) is 2.41. The van der Waals surface area contributed by atoms with Crippen LogP contribution in [0, 0.1) is 0 Å². The van der Waals surface area contributed by atoms with E-state index in [2.05, 4.69) is 0 Å². The van der Waals surface area contributed by atoms with Gasteiger partial charge in [-0.05, 0) is 18.1 Å². The van der Waals surface area contributed by atoms with Crippen LogP contribution < -0.4 is 0 Å². The van der Waals surface area contributed by atoms with E-state index in [1.54, 1.807) is 26.2 Å². The minimum absolute atomic E-state index is 0.610. The van der Waals surface area contributed by atoms with Crippen molar-refractivity contribution in [2.24, 2.45) is 0 Å². The first kappa shape index (κ1) is 12.8. The van der Waals surface area contributed by atoms with Crippen molar-refractivity contribution < 1.29 is 9.13 Å². The third kappa shape index (κ3) is 2.44. The molecule has 0 fully saturated rings. The quantitative estimate of drug-likeness (QED) is 0.780. The van der Waals surface area contributed by atoms with Crippen molar-refractivity contribution in [2.45, 2.75) is 18.7 Å². The van der Waals surface area contributed by atoms with E-state index in [1.807, 2.05) is 48.5 Å². The van der Waals surface area contributed by atoms with Crippen LogP contribution in [0.4, 0.5) is 4.39 Å². The average molecular weight is 244 g/mol. The van der Waals surface area contributed by atoms with Gasteiger partial charge in [-0.15, -0.1) is 0 Å². The van der Waals surface area contributed by atoms with Gasteiger partial charge in [-0.25, -0.2) is 4.39 Å². The summed E-state index contributed by atoms with van der Waals surface area (Å²) >= 11 is 0. The lowest BCUT2D eigenvalue weighted by molar-refractivity contribution is -0.0331. The summed E-state index contributed by atoms with van der Waals surface area (Å²) in [7, 11) is 1.54. The highest BCUT2D eigenvalue weighted by atomic mass is 19.1. The molecule has 18 heavy (non-hydrogen) atoms. The second kappa shape index (κ2) is 5.32. The summed E-state index contributed by atoms with van der Waals surface area (Å²) in [5.74, 6) is 0. The van der Waals surface area contributed by atoms with E-state index in [0.717, 1.165) is 5.56 Å². The summed E-state index contributed by atoms with van der Waals surface area (Å²) in [6.07, 6.45) is -0.610. The molecule has 94 valence electrons. The molecule has 0 aliphatic carbocycles. The van der Waals surface area contributed by atoms with E-state index < -0.39 is 11.8 Å². The Morgan fingerprint density at radius 2 is 1.44 bits per heavy atom. The van der Waals surface area contributed by atoms with Gasteiger partial charge in [0.25, 0.3) is 0 Å². The second-order valence-electron chi connectivity index (χ2n) is 4.47. The van der Waals surface area contributed by atoms with Gasteiger partial charge in [0.15, 0.2) is 5.67 Å². The summed E-state index contributed by atoms with van der Waals surface area (Å²) < 4.78 is 20.4. The van der Waals surface area contributed by atoms with E-state index in [-0.39, 0.29) is 0 Å². The molecular formula is C16H17FO. The molecule has 0 bridgehead atoms. The minimum atomic E-state index is -1.56. The van der Waals surface area contributed by atoms with E-state index >= 15 is 4.39 Å². The molecule has 0 saturated heterocycles. The Bertz CT molecular complexity index is 479. The predicted molar refractivity (Wildman–Crippen MR) is 71.1 cm³/mol. The van der Waals surface area contributed by atoms with Gasteiger partial charge in [0.1, 0.15) is 6.10 Å². The molecule has 0 amide bonds. The maximum atomic E-state index is 15.0. The fourth-order valence-corrected chi connectivity index (χ4v) is 2.21. The Hall–Kier alpha value is -1.67. The van der Waals surface area contributed by atoms with Crippen molar-refractivity contribution in [3.05, 3.63) is 71.8 Å². The molecule has 2 aromatic carbocycles. The Labute approximate surface area is 107 Å². The fourth-order valence-electron chi connectivity index (χ4n) is 2.21. The second-order valence-corrected chi connectivity index (χ2v) is 4.47. The van der Waals surface area contributed by atoms with Crippen molar-refractivity contribution in [1.82, 2.24) is 0 Å². The number of ether oxygens (including phenoxy) is 1. The molecule has 2 atom stereocenters. The molecule has 0 aliphatic heterocycles. The molecule has 1 nitrogen and oxygen atoms in total. The summed E-state index contributed by atoms with van der Waals surface area (Å²) in [6, 6.07) is 18.6. The van der Waals surface area contributed by atoms with Gasteiger partial charge < -0.3 is 4.74 Å². The van der Waals surface area contributed by atoms with Crippen LogP contribution >= 0.6 is 0 Å². The highest BCUT2D eigenvalue weighted by molar-refractivity contribution is 5.28. The summed E-state index contributed by atoms with van der Waals surface area (Å²) in [5.41, 5.74) is -0.0910. The fraction of sp³-hybridized carbons (Fsp3) is 0.250. The molecule has 0 spiro atoms. The molecule has 0 saturated carbocycles. The highest BCUT2D eigenvalue weighted by Gasteiger charge is 2.37. The Balaban J connectivity index is 2.38. The molecule has 0 aliphatic rings. The maximum absolute atomic E-state index is 15.0. The topological polar surface area (TPSA) is 9.23 Å². The number of methoxy groups -OCH3 is 1. The molecule has 2 aromatic rings. The SMILES string of the molecule is COC(c1ccccc1)C(C)(F)c1ccccc1. The number of hydrogen-bond acceptors (Lipinski definition) is 1. The standard InChI is InChI=1S/C16H17FO/c1-16(17,14-11-7-4-8-12-14)15(18-2)13-9-5-3-6-10-13/h3-12,15H,1-2H3. The van der Waals surface area contributed by atoms with Crippen molar-refractivity contribution in [1.29, 1.82) is 0 Å². The first-order valence-corrected chi connectivity index (χ1v) is 5.98. The number of rotatable bonds is 4. The van der Waals surface area contributed by atoms with Crippen molar-refractivity contribution in [3.63, 3.8) is 0 Å². The van der Waals surface area contributed by atoms with Gasteiger partial charge in [0.05, 0.1) is 0 Å². The molecule has 2 heteroatoms. The number of hydrogen-bond donors (Lipinski definition) is 0. The third-order valence-corrected chi connectivity index (χ3v) is 3.17. The van der Waals surface area contributed by atoms with Crippen molar-refractivity contribution in [2.75, 3.05) is 7.11 Å². The molecule has 2 unspecified atom stereocenters. The monoisotopic (exact) mass is 244 g/mol. The lowest BCUT2D eigenvalue weighted by atomic mass is 9.88. The van der Waals surface area contributed by atoms with Crippen LogP contribution in [0.3, 0.4) is 0 Å². The first-order chi connectivity index (χ1) is 8.66. The van der Waals surface area contributed by atoms with Crippen molar-refractivity contribution in [3.8, 4) is 0 Å². The highest BCUT2D eigenvalue weighted by Crippen LogP contribution is 2.40. The van der Waals surface area contributed by atoms with Crippen LogP contribution in [0.5, 0.6) is 0 Å². The summed E-state index contributed by atoms with van der Waals surface area (Å²) in [4.78, 5) is 0. The number of halogens is 1. The van der Waals surface area contributed by atoms with Crippen LogP contribution in [0.15, 0.2) is 60.7 Å². The van der Waals surface area contributed by atoms with Gasteiger partial charge >= 0.3 is 0 Å². The van der Waals surface area contributed by atoms with Gasteiger partial charge in [0, 0.05) is 7.11 Å². The summed E-state index contributed by atoms with van der Waals surface area (Å²) in [5, 5.41) is 0. The third-order valence-electron chi connectivity index (χ3n) is 3.17. The molecule has 2 rings (SSSR count). The largest absolute Gasteiger partial charge is 0.373 e. The van der Waals surface area contributed by atoms with Gasteiger partial charge in [0.2, 0.25) is 0 Å². The summed E-state index contributed by atoms with van der Waals surface area (Å²) in [6.45, 7) is 1.56. The van der Waals surface area contributed by atoms with Crippen LogP contribution in [0.1, 0.15) is 24.2 Å². The van der Waals surface area contributed by atoms with Crippen LogP contribution in [-0.2, 0) is 10.4 Å². The number of alkyl halides is 1. The van der Waals surface area contributed by atoms with E-state index in [9.17, 15) is 0 Å². The smallest absolute Gasteiger partial charge is 0.163 e. The maximum Gasteiger partial charge on any atom is 0.163 e. The zero-order valence-corrected chi connectivity index (χ0v) is 10.6. The molecule has 0 aromatic heterocycles. The van der Waals surface area contributed by atoms with Crippen LogP contribution in [-0.4, -0.2) is 7.11 Å². The van der Waals surface area contributed by atoms with E-state index in [0.29, 0.717) is 5.56 Å². The first-order valence-electron chi connectivity index (χ1n) is 5.98. The Morgan fingerprint density at radius 1 is 0.944 bits per heavy atom.